The molecule has 0 unspecified atom stereocenters. The molecule has 8 heteroatoms. The van der Waals surface area contributed by atoms with E-state index in [1.54, 1.807) is 37.3 Å². The van der Waals surface area contributed by atoms with E-state index in [1.165, 1.54) is 20.1 Å². The standard InChI is InChI=1S/C19H19ClFNO4S/c1-11-8-15(16(25-3)9-13(11)20)22-19(24)12(2)26-18(23)10-27-17-7-5-4-6-14(17)21/h4-9,12H,10H2,1-3H3,(H,22,24)/t12-/m0/s1. The predicted octanol–water partition coefficient (Wildman–Crippen LogP) is 4.46. The normalized spacial score (nSPS) is 11.6. The van der Waals surface area contributed by atoms with Crippen LogP contribution in [0.1, 0.15) is 12.5 Å². The van der Waals surface area contributed by atoms with Crippen LogP contribution in [0.5, 0.6) is 5.75 Å². The van der Waals surface area contributed by atoms with E-state index in [0.29, 0.717) is 21.4 Å². The number of benzene rings is 2. The molecule has 5 nitrogen and oxygen atoms in total. The third kappa shape index (κ3) is 5.87. The molecule has 1 amide bonds. The number of rotatable bonds is 7. The van der Waals surface area contributed by atoms with E-state index in [9.17, 15) is 14.0 Å². The van der Waals surface area contributed by atoms with E-state index in [0.717, 1.165) is 17.3 Å². The highest BCUT2D eigenvalue weighted by molar-refractivity contribution is 8.00. The van der Waals surface area contributed by atoms with Gasteiger partial charge in [0.1, 0.15) is 11.6 Å². The molecule has 0 aliphatic carbocycles. The molecule has 27 heavy (non-hydrogen) atoms. The third-order valence-corrected chi connectivity index (χ3v) is 5.03. The molecular weight excluding hydrogens is 393 g/mol. The summed E-state index contributed by atoms with van der Waals surface area (Å²) in [6.07, 6.45) is -1.03. The first-order valence-electron chi connectivity index (χ1n) is 8.03. The first kappa shape index (κ1) is 21.1. The molecule has 2 aromatic rings. The van der Waals surface area contributed by atoms with Gasteiger partial charge in [-0.15, -0.1) is 11.8 Å². The van der Waals surface area contributed by atoms with Crippen molar-refractivity contribution in [3.8, 4) is 5.75 Å². The summed E-state index contributed by atoms with van der Waals surface area (Å²) in [4.78, 5) is 24.6. The SMILES string of the molecule is COc1cc(Cl)c(C)cc1NC(=O)[C@H](C)OC(=O)CSc1ccccc1F. The van der Waals surface area contributed by atoms with Crippen molar-refractivity contribution in [2.45, 2.75) is 24.8 Å². The number of aryl methyl sites for hydroxylation is 1. The van der Waals surface area contributed by atoms with E-state index in [4.69, 9.17) is 21.1 Å². The molecule has 144 valence electrons. The van der Waals surface area contributed by atoms with Crippen LogP contribution >= 0.6 is 23.4 Å². The number of hydrogen-bond donors (Lipinski definition) is 1. The summed E-state index contributed by atoms with van der Waals surface area (Å²) in [6.45, 7) is 3.25. The first-order chi connectivity index (χ1) is 12.8. The topological polar surface area (TPSA) is 64.6 Å². The van der Waals surface area contributed by atoms with Gasteiger partial charge in [0, 0.05) is 16.0 Å². The maximum absolute atomic E-state index is 13.5. The van der Waals surface area contributed by atoms with Crippen LogP contribution in [0.4, 0.5) is 10.1 Å². The fourth-order valence-corrected chi connectivity index (χ4v) is 3.02. The molecule has 1 N–H and O–H groups in total. The Bertz CT molecular complexity index is 846. The second kappa shape index (κ2) is 9.62. The fraction of sp³-hybridized carbons (Fsp3) is 0.263. The van der Waals surface area contributed by atoms with Crippen LogP contribution < -0.4 is 10.1 Å². The van der Waals surface area contributed by atoms with Crippen molar-refractivity contribution in [1.29, 1.82) is 0 Å². The van der Waals surface area contributed by atoms with Crippen molar-refractivity contribution in [2.75, 3.05) is 18.2 Å². The average molecular weight is 412 g/mol. The van der Waals surface area contributed by atoms with E-state index in [1.807, 2.05) is 0 Å². The lowest BCUT2D eigenvalue weighted by Crippen LogP contribution is -2.30. The maximum Gasteiger partial charge on any atom is 0.317 e. The first-order valence-corrected chi connectivity index (χ1v) is 9.40. The molecule has 0 heterocycles. The number of thioether (sulfide) groups is 1. The van der Waals surface area contributed by atoms with Gasteiger partial charge in [0.25, 0.3) is 5.91 Å². The van der Waals surface area contributed by atoms with Crippen LogP contribution in [-0.4, -0.2) is 30.8 Å². The highest BCUT2D eigenvalue weighted by Crippen LogP contribution is 2.31. The molecule has 0 saturated carbocycles. The number of carbonyl (C=O) groups is 2. The van der Waals surface area contributed by atoms with Crippen molar-refractivity contribution >= 4 is 40.9 Å². The second-order valence-corrected chi connectivity index (χ2v) is 7.07. The van der Waals surface area contributed by atoms with Crippen LogP contribution in [0.3, 0.4) is 0 Å². The summed E-state index contributed by atoms with van der Waals surface area (Å²) >= 11 is 7.04. The van der Waals surface area contributed by atoms with Gasteiger partial charge in [0.05, 0.1) is 18.6 Å². The van der Waals surface area contributed by atoms with Gasteiger partial charge < -0.3 is 14.8 Å². The lowest BCUT2D eigenvalue weighted by molar-refractivity contribution is -0.150. The molecule has 2 aromatic carbocycles. The van der Waals surface area contributed by atoms with Crippen molar-refractivity contribution in [3.63, 3.8) is 0 Å². The zero-order valence-corrected chi connectivity index (χ0v) is 16.6. The summed E-state index contributed by atoms with van der Waals surface area (Å²) < 4.78 is 23.9. The van der Waals surface area contributed by atoms with Gasteiger partial charge in [-0.1, -0.05) is 23.7 Å². The fourth-order valence-electron chi connectivity index (χ4n) is 2.15. The smallest absolute Gasteiger partial charge is 0.317 e. The molecule has 0 fully saturated rings. The number of nitrogens with one attached hydrogen (secondary N) is 1. The maximum atomic E-state index is 13.5. The van der Waals surface area contributed by atoms with E-state index >= 15 is 0 Å². The number of hydrogen-bond acceptors (Lipinski definition) is 5. The Morgan fingerprint density at radius 3 is 2.67 bits per heavy atom. The Labute approximate surface area is 166 Å². The summed E-state index contributed by atoms with van der Waals surface area (Å²) in [5.41, 5.74) is 1.19. The Kier molecular flexibility index (Phi) is 7.50. The van der Waals surface area contributed by atoms with Gasteiger partial charge in [-0.05, 0) is 37.6 Å². The van der Waals surface area contributed by atoms with Crippen LogP contribution in [-0.2, 0) is 14.3 Å². The summed E-state index contributed by atoms with van der Waals surface area (Å²) in [6, 6.07) is 9.38. The zero-order valence-electron chi connectivity index (χ0n) is 15.0. The Hall–Kier alpha value is -2.25. The molecule has 2 rings (SSSR count). The number of carbonyl (C=O) groups excluding carboxylic acids is 2. The average Bonchev–Trinajstić information content (AvgIpc) is 2.63. The zero-order chi connectivity index (χ0) is 20.0. The quantitative estimate of drug-likeness (QED) is 0.538. The van der Waals surface area contributed by atoms with Gasteiger partial charge in [-0.2, -0.15) is 0 Å². The molecule has 0 aliphatic heterocycles. The van der Waals surface area contributed by atoms with Crippen LogP contribution in [0.15, 0.2) is 41.3 Å². The van der Waals surface area contributed by atoms with Gasteiger partial charge in [0.2, 0.25) is 0 Å². The molecule has 0 saturated heterocycles. The number of ether oxygens (including phenoxy) is 2. The number of methoxy groups -OCH3 is 1. The highest BCUT2D eigenvalue weighted by Gasteiger charge is 2.20. The van der Waals surface area contributed by atoms with Crippen molar-refractivity contribution < 1.29 is 23.5 Å². The lowest BCUT2D eigenvalue weighted by Gasteiger charge is -2.16. The largest absolute Gasteiger partial charge is 0.495 e. The Morgan fingerprint density at radius 1 is 1.30 bits per heavy atom. The number of halogens is 2. The lowest BCUT2D eigenvalue weighted by atomic mass is 10.2. The molecule has 0 radical (unpaired) electrons. The van der Waals surface area contributed by atoms with Gasteiger partial charge in [-0.25, -0.2) is 4.39 Å². The van der Waals surface area contributed by atoms with E-state index in [-0.39, 0.29) is 5.75 Å². The number of anilines is 1. The molecule has 0 bridgehead atoms. The van der Waals surface area contributed by atoms with Crippen molar-refractivity contribution in [2.24, 2.45) is 0 Å². The van der Waals surface area contributed by atoms with Gasteiger partial charge in [0.15, 0.2) is 6.10 Å². The van der Waals surface area contributed by atoms with Crippen LogP contribution in [0.2, 0.25) is 5.02 Å². The molecular formula is C19H19ClFNO4S. The molecule has 1 atom stereocenters. The summed E-state index contributed by atoms with van der Waals surface area (Å²) in [5, 5.41) is 3.16. The minimum atomic E-state index is -1.03. The monoisotopic (exact) mass is 411 g/mol. The Balaban J connectivity index is 1.93. The van der Waals surface area contributed by atoms with E-state index in [2.05, 4.69) is 5.32 Å². The number of amides is 1. The van der Waals surface area contributed by atoms with Gasteiger partial charge >= 0.3 is 5.97 Å². The minimum Gasteiger partial charge on any atom is -0.495 e. The molecule has 0 spiro atoms. The Morgan fingerprint density at radius 2 is 2.00 bits per heavy atom. The van der Waals surface area contributed by atoms with Crippen LogP contribution in [0.25, 0.3) is 0 Å². The number of esters is 1. The third-order valence-electron chi connectivity index (χ3n) is 3.60. The summed E-state index contributed by atoms with van der Waals surface area (Å²) in [7, 11) is 1.46. The van der Waals surface area contributed by atoms with Crippen LogP contribution in [0, 0.1) is 12.7 Å². The second-order valence-electron chi connectivity index (χ2n) is 5.64. The summed E-state index contributed by atoms with van der Waals surface area (Å²) in [5.74, 6) is -1.26. The molecule has 0 aliphatic rings. The van der Waals surface area contributed by atoms with Crippen molar-refractivity contribution in [3.05, 3.63) is 52.8 Å². The van der Waals surface area contributed by atoms with Gasteiger partial charge in [-0.3, -0.25) is 9.59 Å². The van der Waals surface area contributed by atoms with E-state index < -0.39 is 23.8 Å². The van der Waals surface area contributed by atoms with Crippen molar-refractivity contribution in [1.82, 2.24) is 0 Å². The molecule has 0 aromatic heterocycles. The minimum absolute atomic E-state index is 0.109. The predicted molar refractivity (Wildman–Crippen MR) is 104 cm³/mol. The highest BCUT2D eigenvalue weighted by atomic mass is 35.5.